The van der Waals surface area contributed by atoms with Gasteiger partial charge in [0.2, 0.25) is 5.91 Å². The standard InChI is InChI=1S/C19H27N3O/c1-14(21-10-8-15-4-2-3-5-16(15)12-21)19(23)22-11-9-17-6-7-18(13-22)20-17/h2-5,14,17-18,20H,6-13H2,1H3. The molecular weight excluding hydrogens is 286 g/mol. The van der Waals surface area contributed by atoms with Gasteiger partial charge in [-0.1, -0.05) is 24.3 Å². The molecule has 4 heteroatoms. The van der Waals surface area contributed by atoms with Crippen molar-refractivity contribution in [3.63, 3.8) is 0 Å². The van der Waals surface area contributed by atoms with Gasteiger partial charge in [-0.05, 0) is 43.7 Å². The van der Waals surface area contributed by atoms with Gasteiger partial charge >= 0.3 is 0 Å². The number of likely N-dealkylation sites (tertiary alicyclic amines) is 1. The fraction of sp³-hybridized carbons (Fsp3) is 0.632. The molecule has 0 radical (unpaired) electrons. The van der Waals surface area contributed by atoms with Crippen molar-refractivity contribution in [2.24, 2.45) is 0 Å². The van der Waals surface area contributed by atoms with Crippen molar-refractivity contribution >= 4 is 5.91 Å². The minimum Gasteiger partial charge on any atom is -0.340 e. The molecule has 1 N–H and O–H groups in total. The third-order valence-corrected chi connectivity index (χ3v) is 5.90. The average molecular weight is 313 g/mol. The Morgan fingerprint density at radius 1 is 1.13 bits per heavy atom. The molecule has 3 atom stereocenters. The summed E-state index contributed by atoms with van der Waals surface area (Å²) in [4.78, 5) is 17.5. The van der Waals surface area contributed by atoms with Gasteiger partial charge < -0.3 is 10.2 Å². The van der Waals surface area contributed by atoms with Crippen molar-refractivity contribution in [1.82, 2.24) is 15.1 Å². The highest BCUT2D eigenvalue weighted by molar-refractivity contribution is 5.81. The van der Waals surface area contributed by atoms with E-state index >= 15 is 0 Å². The van der Waals surface area contributed by atoms with Crippen LogP contribution < -0.4 is 5.32 Å². The summed E-state index contributed by atoms with van der Waals surface area (Å²) in [5.41, 5.74) is 2.83. The number of hydrogen-bond donors (Lipinski definition) is 1. The largest absolute Gasteiger partial charge is 0.340 e. The van der Waals surface area contributed by atoms with Gasteiger partial charge in [0.15, 0.2) is 0 Å². The Morgan fingerprint density at radius 3 is 2.78 bits per heavy atom. The van der Waals surface area contributed by atoms with E-state index in [1.807, 2.05) is 0 Å². The first-order valence-electron chi connectivity index (χ1n) is 9.06. The molecule has 0 saturated carbocycles. The maximum absolute atomic E-state index is 13.0. The predicted molar refractivity (Wildman–Crippen MR) is 91.2 cm³/mol. The highest BCUT2D eigenvalue weighted by Crippen LogP contribution is 2.24. The predicted octanol–water partition coefficient (Wildman–Crippen LogP) is 1.79. The summed E-state index contributed by atoms with van der Waals surface area (Å²) < 4.78 is 0. The quantitative estimate of drug-likeness (QED) is 0.904. The van der Waals surface area contributed by atoms with Crippen LogP contribution in [0.5, 0.6) is 0 Å². The molecule has 4 nitrogen and oxygen atoms in total. The Bertz CT molecular complexity index is 588. The van der Waals surface area contributed by atoms with Crippen LogP contribution in [0.3, 0.4) is 0 Å². The van der Waals surface area contributed by atoms with Crippen molar-refractivity contribution in [3.8, 4) is 0 Å². The van der Waals surface area contributed by atoms with Crippen LogP contribution in [0.1, 0.15) is 37.3 Å². The van der Waals surface area contributed by atoms with Gasteiger partial charge in [0.1, 0.15) is 0 Å². The molecule has 124 valence electrons. The van der Waals surface area contributed by atoms with E-state index in [1.54, 1.807) is 0 Å². The number of rotatable bonds is 2. The number of nitrogens with zero attached hydrogens (tertiary/aromatic N) is 2. The van der Waals surface area contributed by atoms with Crippen LogP contribution in [0, 0.1) is 0 Å². The first-order chi connectivity index (χ1) is 11.2. The lowest BCUT2D eigenvalue weighted by atomic mass is 9.98. The minimum absolute atomic E-state index is 0.0139. The number of fused-ring (bicyclic) bond motifs is 3. The lowest BCUT2D eigenvalue weighted by molar-refractivity contribution is -0.137. The summed E-state index contributed by atoms with van der Waals surface area (Å²) in [6.45, 7) is 5.79. The highest BCUT2D eigenvalue weighted by Gasteiger charge is 2.34. The Hall–Kier alpha value is -1.39. The van der Waals surface area contributed by atoms with E-state index in [9.17, 15) is 4.79 Å². The molecule has 0 aromatic heterocycles. The fourth-order valence-electron chi connectivity index (χ4n) is 4.41. The number of amides is 1. The Kier molecular flexibility index (Phi) is 4.12. The molecule has 3 aliphatic rings. The second kappa shape index (κ2) is 6.25. The Balaban J connectivity index is 1.42. The zero-order valence-electron chi connectivity index (χ0n) is 14.0. The third kappa shape index (κ3) is 3.02. The molecule has 0 spiro atoms. The van der Waals surface area contributed by atoms with E-state index in [1.165, 1.54) is 24.0 Å². The molecule has 23 heavy (non-hydrogen) atoms. The smallest absolute Gasteiger partial charge is 0.239 e. The summed E-state index contributed by atoms with van der Waals surface area (Å²) in [6.07, 6.45) is 4.67. The maximum Gasteiger partial charge on any atom is 0.239 e. The molecule has 1 amide bonds. The highest BCUT2D eigenvalue weighted by atomic mass is 16.2. The van der Waals surface area contributed by atoms with Gasteiger partial charge in [-0.25, -0.2) is 0 Å². The van der Waals surface area contributed by atoms with E-state index in [-0.39, 0.29) is 6.04 Å². The fourth-order valence-corrected chi connectivity index (χ4v) is 4.41. The molecular formula is C19H27N3O. The van der Waals surface area contributed by atoms with E-state index in [2.05, 4.69) is 46.3 Å². The number of hydrogen-bond acceptors (Lipinski definition) is 3. The maximum atomic E-state index is 13.0. The summed E-state index contributed by atoms with van der Waals surface area (Å²) >= 11 is 0. The van der Waals surface area contributed by atoms with Crippen LogP contribution in [0.15, 0.2) is 24.3 Å². The van der Waals surface area contributed by atoms with Gasteiger partial charge in [-0.15, -0.1) is 0 Å². The summed E-state index contributed by atoms with van der Waals surface area (Å²) in [6, 6.07) is 9.77. The van der Waals surface area contributed by atoms with Crippen molar-refractivity contribution in [2.75, 3.05) is 19.6 Å². The molecule has 1 aromatic rings. The number of nitrogens with one attached hydrogen (secondary N) is 1. The van der Waals surface area contributed by atoms with Crippen molar-refractivity contribution < 1.29 is 4.79 Å². The Labute approximate surface area is 138 Å². The van der Waals surface area contributed by atoms with E-state index < -0.39 is 0 Å². The summed E-state index contributed by atoms with van der Waals surface area (Å²) in [5.74, 6) is 0.318. The third-order valence-electron chi connectivity index (χ3n) is 5.90. The molecule has 0 aliphatic carbocycles. The van der Waals surface area contributed by atoms with Gasteiger partial charge in [0, 0.05) is 38.3 Å². The molecule has 3 aliphatic heterocycles. The van der Waals surface area contributed by atoms with E-state index in [0.717, 1.165) is 39.0 Å². The van der Waals surface area contributed by atoms with Crippen molar-refractivity contribution in [1.29, 1.82) is 0 Å². The van der Waals surface area contributed by atoms with Gasteiger partial charge in [-0.3, -0.25) is 9.69 Å². The second-order valence-electron chi connectivity index (χ2n) is 7.38. The molecule has 2 saturated heterocycles. The van der Waals surface area contributed by atoms with Crippen LogP contribution in [0.25, 0.3) is 0 Å². The van der Waals surface area contributed by atoms with Crippen molar-refractivity contribution in [2.45, 2.75) is 57.3 Å². The molecule has 1 aromatic carbocycles. The van der Waals surface area contributed by atoms with Gasteiger partial charge in [0.05, 0.1) is 6.04 Å². The summed E-state index contributed by atoms with van der Waals surface area (Å²) in [7, 11) is 0. The first kappa shape index (κ1) is 15.2. The molecule has 3 heterocycles. The molecule has 4 rings (SSSR count). The average Bonchev–Trinajstić information content (AvgIpc) is 2.92. The van der Waals surface area contributed by atoms with Gasteiger partial charge in [-0.2, -0.15) is 0 Å². The first-order valence-corrected chi connectivity index (χ1v) is 9.06. The lowest BCUT2D eigenvalue weighted by Crippen LogP contribution is -2.50. The monoisotopic (exact) mass is 313 g/mol. The number of carbonyl (C=O) groups excluding carboxylic acids is 1. The molecule has 2 bridgehead atoms. The zero-order chi connectivity index (χ0) is 15.8. The van der Waals surface area contributed by atoms with Crippen LogP contribution in [0.4, 0.5) is 0 Å². The van der Waals surface area contributed by atoms with E-state index in [4.69, 9.17) is 0 Å². The van der Waals surface area contributed by atoms with Crippen LogP contribution in [0.2, 0.25) is 0 Å². The minimum atomic E-state index is -0.0139. The zero-order valence-corrected chi connectivity index (χ0v) is 14.0. The van der Waals surface area contributed by atoms with Crippen molar-refractivity contribution in [3.05, 3.63) is 35.4 Å². The molecule has 2 fully saturated rings. The van der Waals surface area contributed by atoms with Crippen LogP contribution in [-0.4, -0.2) is 53.5 Å². The SMILES string of the molecule is CC(C(=O)N1CCC2CCC(C1)N2)N1CCc2ccccc2C1. The second-order valence-corrected chi connectivity index (χ2v) is 7.38. The van der Waals surface area contributed by atoms with Crippen LogP contribution >= 0.6 is 0 Å². The molecule has 3 unspecified atom stereocenters. The topological polar surface area (TPSA) is 35.6 Å². The van der Waals surface area contributed by atoms with Gasteiger partial charge in [0.25, 0.3) is 0 Å². The number of carbonyl (C=O) groups is 1. The normalized spacial score (nSPS) is 29.0. The number of benzene rings is 1. The summed E-state index contributed by atoms with van der Waals surface area (Å²) in [5, 5.41) is 3.66. The van der Waals surface area contributed by atoms with E-state index in [0.29, 0.717) is 18.0 Å². The lowest BCUT2D eigenvalue weighted by Gasteiger charge is -2.36. The van der Waals surface area contributed by atoms with Crippen LogP contribution in [-0.2, 0) is 17.8 Å². The Morgan fingerprint density at radius 2 is 1.91 bits per heavy atom.